The highest BCUT2D eigenvalue weighted by Gasteiger charge is 2.96. The lowest BCUT2D eigenvalue weighted by molar-refractivity contribution is -0.910. The molecule has 0 heterocycles. The largest absolute Gasteiger partial charge is 0.460 e. The van der Waals surface area contributed by atoms with Crippen LogP contribution in [0.1, 0.15) is 59.3 Å². The number of quaternary nitrogens is 1. The van der Waals surface area contributed by atoms with E-state index >= 15 is 0 Å². The predicted molar refractivity (Wildman–Crippen MR) is 118 cm³/mol. The zero-order valence-electron chi connectivity index (χ0n) is 22.9. The van der Waals surface area contributed by atoms with Gasteiger partial charge in [0.1, 0.15) is 0 Å². The summed E-state index contributed by atoms with van der Waals surface area (Å²) in [6.07, 6.45) is 0.314. The molecule has 0 saturated heterocycles. The lowest BCUT2D eigenvalue weighted by atomic mass is 9.91. The first kappa shape index (κ1) is 43.8. The molecule has 262 valence electrons. The summed E-state index contributed by atoms with van der Waals surface area (Å²) in [6, 6.07) is 0. The molecular weight excluding hydrogens is 669 g/mol. The first-order valence-corrected chi connectivity index (χ1v) is 13.6. The third kappa shape index (κ3) is 8.29. The van der Waals surface area contributed by atoms with E-state index in [4.69, 9.17) is 4.55 Å². The number of halogens is 17. The molecular formula is C21H31F17NO3S+. The van der Waals surface area contributed by atoms with Crippen molar-refractivity contribution in [2.75, 3.05) is 26.7 Å². The van der Waals surface area contributed by atoms with Crippen LogP contribution in [0.4, 0.5) is 74.6 Å². The van der Waals surface area contributed by atoms with Gasteiger partial charge in [0.05, 0.1) is 26.7 Å². The van der Waals surface area contributed by atoms with Gasteiger partial charge in [0, 0.05) is 0 Å². The molecule has 0 rings (SSSR count). The van der Waals surface area contributed by atoms with E-state index in [0.717, 1.165) is 0 Å². The van der Waals surface area contributed by atoms with E-state index in [1.54, 1.807) is 0 Å². The van der Waals surface area contributed by atoms with Crippen LogP contribution in [0.5, 0.6) is 0 Å². The van der Waals surface area contributed by atoms with Crippen molar-refractivity contribution in [3.8, 4) is 0 Å². The van der Waals surface area contributed by atoms with Gasteiger partial charge in [-0.1, -0.05) is 40.0 Å². The van der Waals surface area contributed by atoms with E-state index in [1.807, 2.05) is 0 Å². The number of hydrogen-bond donors (Lipinski definition) is 1. The Bertz CT molecular complexity index is 960. The van der Waals surface area contributed by atoms with Crippen LogP contribution in [0.25, 0.3) is 0 Å². The number of unbranched alkanes of at least 4 members (excludes halogenated alkanes) is 3. The lowest BCUT2D eigenvalue weighted by Crippen LogP contribution is -2.74. The highest BCUT2D eigenvalue weighted by Crippen LogP contribution is 2.64. The van der Waals surface area contributed by atoms with E-state index in [1.165, 1.54) is 62.6 Å². The smallest absolute Gasteiger partial charge is 0.326 e. The van der Waals surface area contributed by atoms with E-state index in [0.29, 0.717) is 0 Å². The van der Waals surface area contributed by atoms with Crippen LogP contribution >= 0.6 is 0 Å². The van der Waals surface area contributed by atoms with Gasteiger partial charge in [0.15, 0.2) is 0 Å². The molecule has 0 aliphatic carbocycles. The average molecular weight is 701 g/mol. The monoisotopic (exact) mass is 700 g/mol. The maximum Gasteiger partial charge on any atom is 0.460 e. The molecule has 0 fully saturated rings. The summed E-state index contributed by atoms with van der Waals surface area (Å²) in [4.78, 5) is 0. The quantitative estimate of drug-likeness (QED) is 0.0997. The maximum absolute atomic E-state index is 13.0. The normalized spacial score (nSPS) is 15.3. The fourth-order valence-corrected chi connectivity index (χ4v) is 3.72. The minimum absolute atomic E-state index is 1.32. The number of nitrogens with zero attached hydrogens (tertiary/aromatic N) is 1. The lowest BCUT2D eigenvalue weighted by Gasteiger charge is -2.42. The fourth-order valence-electron chi connectivity index (χ4n) is 3.27. The van der Waals surface area contributed by atoms with Gasteiger partial charge in [0.2, 0.25) is 0 Å². The molecule has 43 heavy (non-hydrogen) atoms. The molecule has 0 aromatic heterocycles. The van der Waals surface area contributed by atoms with Crippen LogP contribution in [0.15, 0.2) is 0 Å². The summed E-state index contributed by atoms with van der Waals surface area (Å²) in [6.45, 7) is 11.0. The van der Waals surface area contributed by atoms with Gasteiger partial charge in [-0.2, -0.15) is 83.1 Å². The van der Waals surface area contributed by atoms with Crippen molar-refractivity contribution in [1.82, 2.24) is 0 Å². The van der Waals surface area contributed by atoms with Gasteiger partial charge in [-0.3, -0.25) is 4.55 Å². The van der Waals surface area contributed by atoms with Crippen molar-refractivity contribution in [3.05, 3.63) is 0 Å². The van der Waals surface area contributed by atoms with Crippen molar-refractivity contribution >= 4 is 10.1 Å². The van der Waals surface area contributed by atoms with Gasteiger partial charge >= 0.3 is 57.1 Å². The molecule has 0 aliphatic heterocycles. The molecule has 0 aromatic carbocycles. The molecule has 0 bridgehead atoms. The minimum atomic E-state index is -8.89. The predicted octanol–water partition coefficient (Wildman–Crippen LogP) is 8.67. The Kier molecular flexibility index (Phi) is 14.2. The standard InChI is InChI=1S/C13H30N.C8HF17O3S/c1-5-8-11-14(4,12-9-6-2)13-10-7-3;9-1(10,3(13,14)5(17,18)7(21,22)23)2(11,12)4(15,16)6(19,20)8(24,25)29(26,27)28/h5-13H2,1-4H3;(H,26,27,28)/q+1;. The Morgan fingerprint density at radius 2 is 0.721 bits per heavy atom. The third-order valence-corrected chi connectivity index (χ3v) is 7.08. The number of hydrogen-bond acceptors (Lipinski definition) is 2. The van der Waals surface area contributed by atoms with Crippen molar-refractivity contribution in [3.63, 3.8) is 0 Å². The van der Waals surface area contributed by atoms with E-state index in [9.17, 15) is 83.1 Å². The van der Waals surface area contributed by atoms with E-state index in [2.05, 4.69) is 27.8 Å². The molecule has 0 unspecified atom stereocenters. The molecule has 0 spiro atoms. The SMILES string of the molecule is CCCC[N+](C)(CCCC)CCCC.O=S(=O)(O)C(F)(F)C(F)(F)C(F)(F)C(F)(F)C(F)(F)C(F)(F)C(F)(F)C(F)(F)F. The van der Waals surface area contributed by atoms with E-state index < -0.39 is 57.1 Å². The minimum Gasteiger partial charge on any atom is -0.326 e. The van der Waals surface area contributed by atoms with Gasteiger partial charge in [0.25, 0.3) is 0 Å². The Hall–Kier alpha value is -1.32. The molecule has 22 heteroatoms. The Labute approximate surface area is 235 Å². The zero-order chi connectivity index (χ0) is 35.4. The van der Waals surface area contributed by atoms with Gasteiger partial charge < -0.3 is 4.48 Å². The summed E-state index contributed by atoms with van der Waals surface area (Å²) in [5.74, 6) is -52.0. The number of alkyl halides is 17. The average Bonchev–Trinajstić information content (AvgIpc) is 2.83. The Balaban J connectivity index is 0. The van der Waals surface area contributed by atoms with Crippen LogP contribution in [0.2, 0.25) is 0 Å². The molecule has 0 aromatic rings. The molecule has 0 radical (unpaired) electrons. The molecule has 0 saturated carbocycles. The highest BCUT2D eigenvalue weighted by atomic mass is 32.2. The van der Waals surface area contributed by atoms with Crippen LogP contribution < -0.4 is 0 Å². The summed E-state index contributed by atoms with van der Waals surface area (Å²) >= 11 is 0. The molecule has 4 nitrogen and oxygen atoms in total. The molecule has 1 N–H and O–H groups in total. The summed E-state index contributed by atoms with van der Waals surface area (Å²) in [5, 5.41) is -7.84. The molecule has 0 aliphatic rings. The van der Waals surface area contributed by atoms with Crippen LogP contribution in [0.3, 0.4) is 0 Å². The second-order valence-electron chi connectivity index (χ2n) is 9.79. The van der Waals surface area contributed by atoms with Crippen LogP contribution in [0, 0.1) is 0 Å². The topological polar surface area (TPSA) is 54.4 Å². The van der Waals surface area contributed by atoms with Crippen molar-refractivity contribution in [2.45, 2.75) is 106 Å². The summed E-state index contributed by atoms with van der Waals surface area (Å²) in [7, 11) is -5.45. The maximum atomic E-state index is 13.0. The highest BCUT2D eigenvalue weighted by molar-refractivity contribution is 7.87. The summed E-state index contributed by atoms with van der Waals surface area (Å²) < 4.78 is 244. The Morgan fingerprint density at radius 3 is 0.930 bits per heavy atom. The second kappa shape index (κ2) is 14.0. The van der Waals surface area contributed by atoms with E-state index in [-0.39, 0.29) is 0 Å². The van der Waals surface area contributed by atoms with Gasteiger partial charge in [-0.25, -0.2) is 0 Å². The van der Waals surface area contributed by atoms with Gasteiger partial charge in [-0.05, 0) is 19.3 Å². The van der Waals surface area contributed by atoms with Crippen molar-refractivity contribution in [2.24, 2.45) is 0 Å². The third-order valence-electron chi connectivity index (χ3n) is 6.17. The second-order valence-corrected chi connectivity index (χ2v) is 11.2. The fraction of sp³-hybridized carbons (Fsp3) is 1.00. The first-order valence-electron chi connectivity index (χ1n) is 12.2. The molecule has 0 amide bonds. The van der Waals surface area contributed by atoms with Gasteiger partial charge in [-0.15, -0.1) is 0 Å². The molecule has 0 atom stereocenters. The van der Waals surface area contributed by atoms with Crippen molar-refractivity contribution < 1.29 is 92.1 Å². The first-order chi connectivity index (χ1) is 18.7. The number of rotatable bonds is 16. The zero-order valence-corrected chi connectivity index (χ0v) is 23.7. The van der Waals surface area contributed by atoms with Crippen LogP contribution in [-0.4, -0.2) is 91.1 Å². The Morgan fingerprint density at radius 1 is 0.488 bits per heavy atom. The summed E-state index contributed by atoms with van der Waals surface area (Å²) in [5.41, 5.74) is 0. The van der Waals surface area contributed by atoms with Crippen molar-refractivity contribution in [1.29, 1.82) is 0 Å². The van der Waals surface area contributed by atoms with Crippen LogP contribution in [-0.2, 0) is 10.1 Å².